The van der Waals surface area contributed by atoms with Crippen LogP contribution < -0.4 is 24.0 Å². The molecule has 11 heavy (non-hydrogen) atoms. The van der Waals surface area contributed by atoms with E-state index in [2.05, 4.69) is 6.92 Å². The molecule has 0 bridgehead atoms. The second-order valence-corrected chi connectivity index (χ2v) is 3.42. The summed E-state index contributed by atoms with van der Waals surface area (Å²) < 4.78 is 0. The molecule has 0 heterocycles. The first kappa shape index (κ1) is 14.0. The van der Waals surface area contributed by atoms with Crippen LogP contribution in [0.5, 0.6) is 0 Å². The van der Waals surface area contributed by atoms with E-state index in [9.17, 15) is 9.90 Å². The van der Waals surface area contributed by atoms with E-state index >= 15 is 0 Å². The molecule has 0 unspecified atom stereocenters. The van der Waals surface area contributed by atoms with Gasteiger partial charge in [0, 0.05) is 5.97 Å². The molecule has 0 aromatic heterocycles. The van der Waals surface area contributed by atoms with Crippen LogP contribution in [0.1, 0.15) is 26.2 Å². The van der Waals surface area contributed by atoms with Gasteiger partial charge in [-0.05, 0) is 30.8 Å². The Kier molecular flexibility index (Phi) is 13.2. The van der Waals surface area contributed by atoms with Crippen molar-refractivity contribution in [2.45, 2.75) is 26.2 Å². The number of rotatable bonds is 6. The average Bonchev–Trinajstić information content (AvgIpc) is 1.87. The minimum absolute atomic E-state index is 0. The predicted molar refractivity (Wildman–Crippen MR) is 41.9 cm³/mol. The first-order chi connectivity index (χ1) is 4.77. The van der Waals surface area contributed by atoms with Crippen LogP contribution in [0.2, 0.25) is 0 Å². The van der Waals surface area contributed by atoms with Crippen molar-refractivity contribution in [3.8, 4) is 0 Å². The fourth-order valence-electron chi connectivity index (χ4n) is 0.618. The van der Waals surface area contributed by atoms with Crippen LogP contribution >= 0.6 is 11.8 Å². The van der Waals surface area contributed by atoms with Gasteiger partial charge < -0.3 is 9.90 Å². The normalized spacial score (nSPS) is 8.82. The number of carboxylic acids is 1. The molecule has 0 atom stereocenters. The Labute approximate surface area is 84.3 Å². The van der Waals surface area contributed by atoms with Crippen molar-refractivity contribution < 1.29 is 28.8 Å². The largest absolute Gasteiger partial charge is 1.00 e. The summed E-state index contributed by atoms with van der Waals surface area (Å²) in [4.78, 5) is 9.91. The summed E-state index contributed by atoms with van der Waals surface area (Å²) in [5.41, 5.74) is 0. The van der Waals surface area contributed by atoms with E-state index in [0.29, 0.717) is 0 Å². The molecule has 0 saturated carbocycles. The molecule has 0 aliphatic carbocycles. The SMILES string of the molecule is CCSCCCCC(=O)[O-].[Li+]. The molecule has 0 radical (unpaired) electrons. The Morgan fingerprint density at radius 1 is 1.45 bits per heavy atom. The topological polar surface area (TPSA) is 40.1 Å². The van der Waals surface area contributed by atoms with E-state index in [1.807, 2.05) is 11.8 Å². The molecule has 60 valence electrons. The third-order valence-electron chi connectivity index (χ3n) is 1.12. The number of hydrogen-bond donors (Lipinski definition) is 0. The van der Waals surface area contributed by atoms with Crippen LogP contribution in [-0.4, -0.2) is 17.5 Å². The smallest absolute Gasteiger partial charge is 0.550 e. The van der Waals surface area contributed by atoms with Crippen molar-refractivity contribution in [2.24, 2.45) is 0 Å². The monoisotopic (exact) mass is 168 g/mol. The molecular formula is C7H13LiO2S. The second kappa shape index (κ2) is 10.4. The number of thioether (sulfide) groups is 1. The molecule has 0 N–H and O–H groups in total. The van der Waals surface area contributed by atoms with Gasteiger partial charge in [-0.2, -0.15) is 11.8 Å². The van der Waals surface area contributed by atoms with Crippen molar-refractivity contribution >= 4 is 17.7 Å². The average molecular weight is 168 g/mol. The molecule has 0 aromatic rings. The molecule has 0 saturated heterocycles. The first-order valence-electron chi connectivity index (χ1n) is 3.55. The quantitative estimate of drug-likeness (QED) is 0.330. The van der Waals surface area contributed by atoms with Gasteiger partial charge in [-0.1, -0.05) is 6.92 Å². The predicted octanol–water partition coefficient (Wildman–Crippen LogP) is -2.34. The van der Waals surface area contributed by atoms with Crippen molar-refractivity contribution in [1.82, 2.24) is 0 Å². The van der Waals surface area contributed by atoms with Crippen LogP contribution in [0.15, 0.2) is 0 Å². The molecule has 0 rings (SSSR count). The third kappa shape index (κ3) is 13.4. The molecule has 0 aliphatic rings. The molecule has 0 fully saturated rings. The van der Waals surface area contributed by atoms with Gasteiger partial charge in [0.25, 0.3) is 0 Å². The summed E-state index contributed by atoms with van der Waals surface area (Å²) in [5.74, 6) is 1.26. The molecule has 0 aliphatic heterocycles. The Morgan fingerprint density at radius 3 is 2.55 bits per heavy atom. The summed E-state index contributed by atoms with van der Waals surface area (Å²) in [5, 5.41) is 9.91. The molecule has 2 nitrogen and oxygen atoms in total. The van der Waals surface area contributed by atoms with Crippen LogP contribution in [0.25, 0.3) is 0 Å². The van der Waals surface area contributed by atoms with Gasteiger partial charge in [-0.25, -0.2) is 0 Å². The number of aliphatic carboxylic acids is 1. The van der Waals surface area contributed by atoms with Gasteiger partial charge >= 0.3 is 18.9 Å². The zero-order valence-electron chi connectivity index (χ0n) is 7.26. The van der Waals surface area contributed by atoms with Gasteiger partial charge in [0.1, 0.15) is 0 Å². The zero-order chi connectivity index (χ0) is 7.82. The third-order valence-corrected chi connectivity index (χ3v) is 2.11. The van der Waals surface area contributed by atoms with E-state index in [0.717, 1.165) is 24.3 Å². The number of unbranched alkanes of at least 4 members (excludes halogenated alkanes) is 1. The maximum atomic E-state index is 9.91. The van der Waals surface area contributed by atoms with Gasteiger partial charge in [0.05, 0.1) is 0 Å². The Hall–Kier alpha value is 0.417. The Bertz CT molecular complexity index is 98.4. The summed E-state index contributed by atoms with van der Waals surface area (Å²) in [6, 6.07) is 0. The van der Waals surface area contributed by atoms with Crippen LogP contribution in [0.3, 0.4) is 0 Å². The van der Waals surface area contributed by atoms with Crippen molar-refractivity contribution in [2.75, 3.05) is 11.5 Å². The fraction of sp³-hybridized carbons (Fsp3) is 0.857. The molecule has 4 heteroatoms. The Balaban J connectivity index is 0. The van der Waals surface area contributed by atoms with E-state index in [1.54, 1.807) is 0 Å². The van der Waals surface area contributed by atoms with Crippen LogP contribution in [0, 0.1) is 0 Å². The number of carboxylic acid groups (broad SMARTS) is 1. The standard InChI is InChI=1S/C7H14O2S.Li/c1-2-10-6-4-3-5-7(8)9;/h2-6H2,1H3,(H,8,9);/q;+1/p-1. The first-order valence-corrected chi connectivity index (χ1v) is 4.70. The maximum absolute atomic E-state index is 9.91. The molecular weight excluding hydrogens is 155 g/mol. The molecule has 0 spiro atoms. The van der Waals surface area contributed by atoms with E-state index in [4.69, 9.17) is 0 Å². The van der Waals surface area contributed by atoms with Gasteiger partial charge in [-0.3, -0.25) is 0 Å². The minimum Gasteiger partial charge on any atom is -0.550 e. The fourth-order valence-corrected chi connectivity index (χ4v) is 1.31. The van der Waals surface area contributed by atoms with Crippen LogP contribution in [-0.2, 0) is 4.79 Å². The van der Waals surface area contributed by atoms with Crippen molar-refractivity contribution in [3.63, 3.8) is 0 Å². The summed E-state index contributed by atoms with van der Waals surface area (Å²) >= 11 is 1.85. The van der Waals surface area contributed by atoms with Gasteiger partial charge in [0.2, 0.25) is 0 Å². The van der Waals surface area contributed by atoms with Crippen LogP contribution in [0.4, 0.5) is 0 Å². The van der Waals surface area contributed by atoms with Gasteiger partial charge in [0.15, 0.2) is 0 Å². The Morgan fingerprint density at radius 2 is 2.09 bits per heavy atom. The summed E-state index contributed by atoms with van der Waals surface area (Å²) in [6.07, 6.45) is 1.96. The minimum atomic E-state index is -0.929. The van der Waals surface area contributed by atoms with E-state index in [-0.39, 0.29) is 25.3 Å². The van der Waals surface area contributed by atoms with E-state index in [1.165, 1.54) is 0 Å². The molecule has 0 amide bonds. The summed E-state index contributed by atoms with van der Waals surface area (Å²) in [6.45, 7) is 2.10. The number of carbonyl (C=O) groups is 1. The van der Waals surface area contributed by atoms with Crippen molar-refractivity contribution in [1.29, 1.82) is 0 Å². The number of hydrogen-bond acceptors (Lipinski definition) is 3. The maximum Gasteiger partial charge on any atom is 1.00 e. The second-order valence-electron chi connectivity index (χ2n) is 2.03. The van der Waals surface area contributed by atoms with Gasteiger partial charge in [-0.15, -0.1) is 0 Å². The van der Waals surface area contributed by atoms with E-state index < -0.39 is 5.97 Å². The zero-order valence-corrected chi connectivity index (χ0v) is 8.08. The summed E-state index contributed by atoms with van der Waals surface area (Å²) in [7, 11) is 0. The number of carbonyl (C=O) groups excluding carboxylic acids is 1. The van der Waals surface area contributed by atoms with Crippen molar-refractivity contribution in [3.05, 3.63) is 0 Å². The molecule has 0 aromatic carbocycles.